The molecule has 0 fully saturated rings. The maximum atomic E-state index is 13.1. The highest BCUT2D eigenvalue weighted by atomic mass is 16.5. The summed E-state index contributed by atoms with van der Waals surface area (Å²) in [5.41, 5.74) is 1.04. The molecule has 0 saturated heterocycles. The Kier molecular flexibility index (Phi) is 5.87. The molecule has 0 amide bonds. The lowest BCUT2D eigenvalue weighted by Gasteiger charge is -2.31. The zero-order valence-electron chi connectivity index (χ0n) is 18.1. The monoisotopic (exact) mass is 413 g/mol. The Morgan fingerprint density at radius 1 is 1.13 bits per heavy atom. The molecule has 160 valence electrons. The third kappa shape index (κ3) is 3.65. The largest absolute Gasteiger partial charge is 0.497 e. The molecule has 0 spiro atoms. The number of carbonyl (C=O) groups is 1. The number of hydrogen-bond acceptors (Lipinski definition) is 6. The number of ether oxygens (including phenoxy) is 2. The first-order chi connectivity index (χ1) is 14.2. The summed E-state index contributed by atoms with van der Waals surface area (Å²) >= 11 is 0. The van der Waals surface area contributed by atoms with E-state index in [-0.39, 0.29) is 12.5 Å². The number of aromatic nitrogens is 2. The van der Waals surface area contributed by atoms with Crippen LogP contribution in [0.25, 0.3) is 0 Å². The summed E-state index contributed by atoms with van der Waals surface area (Å²) in [4.78, 5) is 38.6. The predicted molar refractivity (Wildman–Crippen MR) is 114 cm³/mol. The molecule has 8 heteroatoms. The summed E-state index contributed by atoms with van der Waals surface area (Å²) in [5, 5.41) is 3.08. The third-order valence-corrected chi connectivity index (χ3v) is 5.20. The quantitative estimate of drug-likeness (QED) is 0.755. The molecule has 0 radical (unpaired) electrons. The van der Waals surface area contributed by atoms with Gasteiger partial charge in [-0.15, -0.1) is 0 Å². The number of hydrogen-bond donors (Lipinski definition) is 1. The van der Waals surface area contributed by atoms with Crippen LogP contribution in [0.3, 0.4) is 0 Å². The van der Waals surface area contributed by atoms with Gasteiger partial charge in [-0.25, -0.2) is 9.59 Å². The number of anilines is 1. The highest BCUT2D eigenvalue weighted by Crippen LogP contribution is 2.40. The number of benzene rings is 1. The Morgan fingerprint density at radius 3 is 2.33 bits per heavy atom. The van der Waals surface area contributed by atoms with Crippen LogP contribution in [0, 0.1) is 5.92 Å². The van der Waals surface area contributed by atoms with E-state index in [1.165, 1.54) is 11.6 Å². The molecule has 0 aliphatic carbocycles. The summed E-state index contributed by atoms with van der Waals surface area (Å²) in [6, 6.07) is 7.17. The first-order valence-electron chi connectivity index (χ1n) is 9.76. The van der Waals surface area contributed by atoms with Crippen LogP contribution in [-0.4, -0.2) is 28.8 Å². The van der Waals surface area contributed by atoms with Gasteiger partial charge in [-0.3, -0.25) is 13.9 Å². The van der Waals surface area contributed by atoms with E-state index in [9.17, 15) is 14.4 Å². The smallest absolute Gasteiger partial charge is 0.336 e. The number of esters is 1. The van der Waals surface area contributed by atoms with Gasteiger partial charge in [0, 0.05) is 19.8 Å². The zero-order valence-corrected chi connectivity index (χ0v) is 18.1. The van der Waals surface area contributed by atoms with Crippen LogP contribution in [0.1, 0.15) is 37.8 Å². The molecule has 1 aromatic heterocycles. The number of nitrogens with zero attached hydrogens (tertiary/aromatic N) is 2. The van der Waals surface area contributed by atoms with E-state index >= 15 is 0 Å². The van der Waals surface area contributed by atoms with Crippen LogP contribution in [0.15, 0.2) is 45.1 Å². The summed E-state index contributed by atoms with van der Waals surface area (Å²) in [6.45, 7) is 5.92. The number of nitrogens with one attached hydrogen (secondary N) is 1. The van der Waals surface area contributed by atoms with E-state index in [1.807, 2.05) is 26.0 Å². The molecule has 30 heavy (non-hydrogen) atoms. The molecule has 0 bridgehead atoms. The van der Waals surface area contributed by atoms with Crippen molar-refractivity contribution in [3.8, 4) is 5.75 Å². The van der Waals surface area contributed by atoms with Crippen molar-refractivity contribution in [2.75, 3.05) is 19.0 Å². The van der Waals surface area contributed by atoms with E-state index in [0.29, 0.717) is 28.4 Å². The number of carbonyl (C=O) groups excluding carboxylic acids is 1. The molecule has 8 nitrogen and oxygen atoms in total. The van der Waals surface area contributed by atoms with Crippen molar-refractivity contribution in [1.29, 1.82) is 0 Å². The molecule has 2 aromatic rings. The molecular formula is C22H27N3O5. The molecule has 0 saturated carbocycles. The fourth-order valence-electron chi connectivity index (χ4n) is 3.61. The van der Waals surface area contributed by atoms with Crippen molar-refractivity contribution in [3.05, 3.63) is 67.5 Å². The van der Waals surface area contributed by atoms with Gasteiger partial charge >= 0.3 is 11.7 Å². The van der Waals surface area contributed by atoms with E-state index in [1.54, 1.807) is 33.2 Å². The highest BCUT2D eigenvalue weighted by Gasteiger charge is 2.37. The summed E-state index contributed by atoms with van der Waals surface area (Å²) in [6.07, 6.45) is 0. The van der Waals surface area contributed by atoms with Gasteiger partial charge in [0.2, 0.25) is 0 Å². The van der Waals surface area contributed by atoms with Crippen molar-refractivity contribution in [2.45, 2.75) is 26.7 Å². The average Bonchev–Trinajstić information content (AvgIpc) is 2.73. The number of allylic oxidation sites excluding steroid dienone is 1. The fourth-order valence-corrected chi connectivity index (χ4v) is 3.61. The standard InChI is InChI=1S/C22H27N3O5/c1-12(2)11-30-21(27)16-13(3)23-19-18(20(26)25(5)22(28)24(19)4)17(16)14-7-9-15(29-6)10-8-14/h7-10,12,17,23H,11H2,1-6H3/t17-/m1/s1. The lowest BCUT2D eigenvalue weighted by Crippen LogP contribution is -2.43. The Morgan fingerprint density at radius 2 is 1.77 bits per heavy atom. The molecule has 1 N–H and O–H groups in total. The van der Waals surface area contributed by atoms with Gasteiger partial charge in [-0.1, -0.05) is 26.0 Å². The van der Waals surface area contributed by atoms with Crippen LogP contribution in [0.2, 0.25) is 0 Å². The first kappa shape index (κ1) is 21.4. The Hall–Kier alpha value is -3.29. The number of rotatable bonds is 5. The van der Waals surface area contributed by atoms with Crippen LogP contribution in [0.5, 0.6) is 5.75 Å². The lowest BCUT2D eigenvalue weighted by atomic mass is 9.82. The van der Waals surface area contributed by atoms with Crippen LogP contribution in [0.4, 0.5) is 5.82 Å². The number of fused-ring (bicyclic) bond motifs is 1. The molecular weight excluding hydrogens is 386 g/mol. The van der Waals surface area contributed by atoms with Gasteiger partial charge in [0.1, 0.15) is 11.6 Å². The molecule has 1 atom stereocenters. The van der Waals surface area contributed by atoms with Gasteiger partial charge in [0.05, 0.1) is 30.8 Å². The molecule has 2 heterocycles. The van der Waals surface area contributed by atoms with Crippen LogP contribution >= 0.6 is 0 Å². The molecule has 0 unspecified atom stereocenters. The predicted octanol–water partition coefficient (Wildman–Crippen LogP) is 2.12. The molecule has 1 aromatic carbocycles. The van der Waals surface area contributed by atoms with Crippen molar-refractivity contribution in [1.82, 2.24) is 9.13 Å². The minimum absolute atomic E-state index is 0.173. The first-order valence-corrected chi connectivity index (χ1v) is 9.76. The minimum atomic E-state index is -0.683. The minimum Gasteiger partial charge on any atom is -0.497 e. The second-order valence-electron chi connectivity index (χ2n) is 7.83. The van der Waals surface area contributed by atoms with Gasteiger partial charge in [-0.2, -0.15) is 0 Å². The molecule has 1 aliphatic rings. The summed E-state index contributed by atoms with van der Waals surface area (Å²) in [7, 11) is 4.59. The topological polar surface area (TPSA) is 91.6 Å². The van der Waals surface area contributed by atoms with E-state index in [4.69, 9.17) is 9.47 Å². The van der Waals surface area contributed by atoms with Crippen molar-refractivity contribution >= 4 is 11.8 Å². The van der Waals surface area contributed by atoms with Crippen molar-refractivity contribution in [3.63, 3.8) is 0 Å². The Bertz CT molecular complexity index is 1120. The third-order valence-electron chi connectivity index (χ3n) is 5.20. The lowest BCUT2D eigenvalue weighted by molar-refractivity contribution is -0.140. The van der Waals surface area contributed by atoms with Crippen LogP contribution in [-0.2, 0) is 23.6 Å². The maximum Gasteiger partial charge on any atom is 0.336 e. The van der Waals surface area contributed by atoms with Gasteiger partial charge in [0.25, 0.3) is 5.56 Å². The van der Waals surface area contributed by atoms with Crippen molar-refractivity contribution in [2.24, 2.45) is 20.0 Å². The molecule has 1 aliphatic heterocycles. The summed E-state index contributed by atoms with van der Waals surface area (Å²) < 4.78 is 13.2. The summed E-state index contributed by atoms with van der Waals surface area (Å²) in [5.74, 6) is 0.0351. The normalized spacial score (nSPS) is 15.6. The average molecular weight is 413 g/mol. The number of methoxy groups -OCH3 is 1. The highest BCUT2D eigenvalue weighted by molar-refractivity contribution is 5.94. The zero-order chi connectivity index (χ0) is 22.2. The van der Waals surface area contributed by atoms with Gasteiger partial charge < -0.3 is 14.8 Å². The van der Waals surface area contributed by atoms with Gasteiger partial charge in [0.15, 0.2) is 0 Å². The van der Waals surface area contributed by atoms with Gasteiger partial charge in [-0.05, 0) is 30.5 Å². The SMILES string of the molecule is COc1ccc([C@@H]2C(C(=O)OCC(C)C)=C(C)Nc3c2c(=O)n(C)c(=O)n3C)cc1. The van der Waals surface area contributed by atoms with Crippen molar-refractivity contribution < 1.29 is 14.3 Å². The van der Waals surface area contributed by atoms with Crippen LogP contribution < -0.4 is 21.3 Å². The van der Waals surface area contributed by atoms with E-state index < -0.39 is 23.1 Å². The van der Waals surface area contributed by atoms with E-state index in [2.05, 4.69) is 5.32 Å². The Labute approximate surface area is 174 Å². The Balaban J connectivity index is 2.26. The second kappa shape index (κ2) is 8.22. The second-order valence-corrected chi connectivity index (χ2v) is 7.83. The van der Waals surface area contributed by atoms with E-state index in [0.717, 1.165) is 10.1 Å². The molecule has 3 rings (SSSR count). The maximum absolute atomic E-state index is 13.1. The fraction of sp³-hybridized carbons (Fsp3) is 0.409.